The first-order valence-electron chi connectivity index (χ1n) is 7.10. The highest BCUT2D eigenvalue weighted by atomic mass is 32.2. The highest BCUT2D eigenvalue weighted by Crippen LogP contribution is 2.26. The van der Waals surface area contributed by atoms with Gasteiger partial charge in [-0.2, -0.15) is 0 Å². The van der Waals surface area contributed by atoms with E-state index in [0.717, 1.165) is 30.7 Å². The summed E-state index contributed by atoms with van der Waals surface area (Å²) in [4.78, 5) is 0. The Morgan fingerprint density at radius 1 is 1.20 bits per heavy atom. The van der Waals surface area contributed by atoms with Crippen LogP contribution in [0.3, 0.4) is 0 Å². The largest absolute Gasteiger partial charge is 0.493 e. The second-order valence-corrected chi connectivity index (χ2v) is 7.17. The summed E-state index contributed by atoms with van der Waals surface area (Å²) in [5.41, 5.74) is 0.917. The molecule has 1 unspecified atom stereocenters. The van der Waals surface area contributed by atoms with E-state index in [2.05, 4.69) is 12.2 Å². The van der Waals surface area contributed by atoms with E-state index in [0.29, 0.717) is 6.61 Å². The Kier molecular flexibility index (Phi) is 7.02. The average Bonchev–Trinajstić information content (AvgIpc) is 2.40. The molecule has 114 valence electrons. The van der Waals surface area contributed by atoms with Crippen LogP contribution in [-0.4, -0.2) is 33.6 Å². The third-order valence-electron chi connectivity index (χ3n) is 2.87. The molecule has 0 heterocycles. The monoisotopic (exact) mass is 299 g/mol. The summed E-state index contributed by atoms with van der Waals surface area (Å²) in [6.07, 6.45) is 3.15. The first-order valence-corrected chi connectivity index (χ1v) is 9.16. The molecule has 1 rings (SSSR count). The molecule has 0 aromatic heterocycles. The molecule has 0 saturated carbocycles. The number of sulfone groups is 1. The Labute approximate surface area is 122 Å². The van der Waals surface area contributed by atoms with Crippen LogP contribution in [0.25, 0.3) is 0 Å². The maximum absolute atomic E-state index is 11.6. The molecule has 0 radical (unpaired) electrons. The predicted octanol–water partition coefficient (Wildman–Crippen LogP) is 2.56. The average molecular weight is 299 g/mol. The van der Waals surface area contributed by atoms with Crippen molar-refractivity contribution in [3.63, 3.8) is 0 Å². The Bertz CT molecular complexity index is 500. The molecule has 0 fully saturated rings. The summed E-state index contributed by atoms with van der Waals surface area (Å²) in [5.74, 6) is 0.853. The van der Waals surface area contributed by atoms with Gasteiger partial charge >= 0.3 is 0 Å². The van der Waals surface area contributed by atoms with Gasteiger partial charge in [0.1, 0.15) is 15.6 Å². The third kappa shape index (κ3) is 5.92. The van der Waals surface area contributed by atoms with Gasteiger partial charge in [-0.05, 0) is 25.5 Å². The van der Waals surface area contributed by atoms with Gasteiger partial charge in [0.25, 0.3) is 0 Å². The molecule has 1 N–H and O–H groups in total. The van der Waals surface area contributed by atoms with E-state index in [4.69, 9.17) is 4.74 Å². The third-order valence-corrected chi connectivity index (χ3v) is 3.81. The molecule has 4 nitrogen and oxygen atoms in total. The molecule has 0 amide bonds. The van der Waals surface area contributed by atoms with Gasteiger partial charge < -0.3 is 10.1 Å². The van der Waals surface area contributed by atoms with E-state index in [9.17, 15) is 8.42 Å². The van der Waals surface area contributed by atoms with E-state index in [-0.39, 0.29) is 11.8 Å². The van der Waals surface area contributed by atoms with Gasteiger partial charge in [-0.25, -0.2) is 8.42 Å². The quantitative estimate of drug-likeness (QED) is 0.761. The lowest BCUT2D eigenvalue weighted by Gasteiger charge is -2.21. The van der Waals surface area contributed by atoms with Crippen molar-refractivity contribution < 1.29 is 13.2 Å². The molecule has 1 aromatic rings. The van der Waals surface area contributed by atoms with Gasteiger partial charge in [0, 0.05) is 17.9 Å². The molecule has 1 atom stereocenters. The fraction of sp³-hybridized carbons (Fsp3) is 0.600. The summed E-state index contributed by atoms with van der Waals surface area (Å²) in [7, 11) is -3.06. The van der Waals surface area contributed by atoms with Crippen LogP contribution in [0.1, 0.15) is 38.3 Å². The minimum atomic E-state index is -3.06. The van der Waals surface area contributed by atoms with Crippen molar-refractivity contribution in [2.45, 2.75) is 32.7 Å². The van der Waals surface area contributed by atoms with Gasteiger partial charge in [0.15, 0.2) is 0 Å². The molecule has 0 bridgehead atoms. The number of nitrogens with one attached hydrogen (secondary N) is 1. The Balaban J connectivity index is 2.99. The van der Waals surface area contributed by atoms with Crippen molar-refractivity contribution in [1.29, 1.82) is 0 Å². The zero-order chi connectivity index (χ0) is 15.0. The Morgan fingerprint density at radius 3 is 2.50 bits per heavy atom. The van der Waals surface area contributed by atoms with Crippen LogP contribution in [0, 0.1) is 0 Å². The van der Waals surface area contributed by atoms with Gasteiger partial charge in [0.2, 0.25) is 0 Å². The minimum Gasteiger partial charge on any atom is -0.493 e. The van der Waals surface area contributed by atoms with E-state index < -0.39 is 9.84 Å². The molecule has 5 heteroatoms. The van der Waals surface area contributed by atoms with E-state index in [1.807, 2.05) is 31.2 Å². The fourth-order valence-electron chi connectivity index (χ4n) is 1.99. The lowest BCUT2D eigenvalue weighted by molar-refractivity contribution is 0.311. The van der Waals surface area contributed by atoms with Crippen molar-refractivity contribution in [3.8, 4) is 5.75 Å². The molecular formula is C15H25NO3S. The van der Waals surface area contributed by atoms with Crippen molar-refractivity contribution in [2.75, 3.05) is 25.2 Å². The van der Waals surface area contributed by atoms with Crippen molar-refractivity contribution in [2.24, 2.45) is 0 Å². The number of hydrogen-bond acceptors (Lipinski definition) is 4. The van der Waals surface area contributed by atoms with Crippen LogP contribution in [0.2, 0.25) is 0 Å². The lowest BCUT2D eigenvalue weighted by atomic mass is 10.1. The van der Waals surface area contributed by atoms with Crippen molar-refractivity contribution >= 4 is 9.84 Å². The number of para-hydroxylation sites is 1. The summed E-state index contributed by atoms with van der Waals surface area (Å²) >= 11 is 0. The van der Waals surface area contributed by atoms with Crippen molar-refractivity contribution in [1.82, 2.24) is 5.32 Å². The SMILES string of the molecule is CCCNC(CS(C)(=O)=O)c1ccccc1OCCC. The van der Waals surface area contributed by atoms with Crippen LogP contribution in [0.5, 0.6) is 5.75 Å². The first kappa shape index (κ1) is 17.0. The van der Waals surface area contributed by atoms with E-state index >= 15 is 0 Å². The van der Waals surface area contributed by atoms with Crippen LogP contribution in [0.15, 0.2) is 24.3 Å². The van der Waals surface area contributed by atoms with Gasteiger partial charge in [0.05, 0.1) is 12.4 Å². The van der Waals surface area contributed by atoms with Crippen LogP contribution >= 0.6 is 0 Å². The predicted molar refractivity (Wildman–Crippen MR) is 83.0 cm³/mol. The molecule has 0 spiro atoms. The number of benzene rings is 1. The zero-order valence-electron chi connectivity index (χ0n) is 12.6. The van der Waals surface area contributed by atoms with E-state index in [1.165, 1.54) is 6.26 Å². The maximum Gasteiger partial charge on any atom is 0.149 e. The molecule has 0 aliphatic carbocycles. The topological polar surface area (TPSA) is 55.4 Å². The van der Waals surface area contributed by atoms with Gasteiger partial charge in [-0.1, -0.05) is 32.0 Å². The molecule has 1 aromatic carbocycles. The standard InChI is InChI=1S/C15H25NO3S/c1-4-10-16-14(12-20(3,17)18)13-8-6-7-9-15(13)19-11-5-2/h6-9,14,16H,4-5,10-12H2,1-3H3. The second-order valence-electron chi connectivity index (χ2n) is 4.99. The number of hydrogen-bond donors (Lipinski definition) is 1. The normalized spacial score (nSPS) is 13.2. The van der Waals surface area contributed by atoms with Crippen molar-refractivity contribution in [3.05, 3.63) is 29.8 Å². The highest BCUT2D eigenvalue weighted by Gasteiger charge is 2.20. The highest BCUT2D eigenvalue weighted by molar-refractivity contribution is 7.90. The Morgan fingerprint density at radius 2 is 1.90 bits per heavy atom. The number of rotatable bonds is 9. The molecule has 0 aliphatic heterocycles. The summed E-state index contributed by atoms with van der Waals surface area (Å²) in [6, 6.07) is 7.43. The van der Waals surface area contributed by atoms with E-state index in [1.54, 1.807) is 0 Å². The van der Waals surface area contributed by atoms with Crippen LogP contribution in [0.4, 0.5) is 0 Å². The molecule has 0 aliphatic rings. The summed E-state index contributed by atoms with van der Waals surface area (Å²) in [6.45, 7) is 5.52. The van der Waals surface area contributed by atoms with Crippen LogP contribution in [-0.2, 0) is 9.84 Å². The zero-order valence-corrected chi connectivity index (χ0v) is 13.4. The maximum atomic E-state index is 11.6. The summed E-state index contributed by atoms with van der Waals surface area (Å²) in [5, 5.41) is 3.30. The molecule has 0 saturated heterocycles. The lowest BCUT2D eigenvalue weighted by Crippen LogP contribution is -2.29. The number of ether oxygens (including phenoxy) is 1. The second kappa shape index (κ2) is 8.27. The molecule has 20 heavy (non-hydrogen) atoms. The van der Waals surface area contributed by atoms with Gasteiger partial charge in [-0.15, -0.1) is 0 Å². The molecular weight excluding hydrogens is 274 g/mol. The first-order chi connectivity index (χ1) is 9.48. The summed E-state index contributed by atoms with van der Waals surface area (Å²) < 4.78 is 29.0. The smallest absolute Gasteiger partial charge is 0.149 e. The minimum absolute atomic E-state index is 0.0828. The van der Waals surface area contributed by atoms with Crippen LogP contribution < -0.4 is 10.1 Å². The Hall–Kier alpha value is -1.07. The van der Waals surface area contributed by atoms with Gasteiger partial charge in [-0.3, -0.25) is 0 Å². The fourth-order valence-corrected chi connectivity index (χ4v) is 2.89.